The van der Waals surface area contributed by atoms with Gasteiger partial charge in [-0.3, -0.25) is 0 Å². The highest BCUT2D eigenvalue weighted by Gasteiger charge is 2.40. The topological polar surface area (TPSA) is 69.1 Å². The molecule has 1 aromatic carbocycles. The first-order valence-corrected chi connectivity index (χ1v) is 7.44. The van der Waals surface area contributed by atoms with E-state index in [2.05, 4.69) is 15.1 Å². The Morgan fingerprint density at radius 1 is 1.21 bits per heavy atom. The maximum Gasteiger partial charge on any atom is 0.395 e. The fourth-order valence-corrected chi connectivity index (χ4v) is 2.81. The van der Waals surface area contributed by atoms with Crippen molar-refractivity contribution in [1.82, 2.24) is 19.6 Å². The molecule has 24 heavy (non-hydrogen) atoms. The predicted molar refractivity (Wildman–Crippen MR) is 83.5 cm³/mol. The molecule has 3 aromatic rings. The predicted octanol–water partition coefficient (Wildman–Crippen LogP) is 3.29. The Kier molecular flexibility index (Phi) is 4.13. The summed E-state index contributed by atoms with van der Waals surface area (Å²) in [5.74, 6) is -0.933. The van der Waals surface area contributed by atoms with Crippen LogP contribution in [0.4, 0.5) is 19.0 Å². The van der Waals surface area contributed by atoms with E-state index in [-0.39, 0.29) is 24.2 Å². The minimum Gasteiger partial charge on any atom is -0.383 e. The molecule has 1 unspecified atom stereocenters. The third-order valence-electron chi connectivity index (χ3n) is 4.05. The second-order valence-electron chi connectivity index (χ2n) is 5.58. The summed E-state index contributed by atoms with van der Waals surface area (Å²) < 4.78 is 41.7. The third-order valence-corrected chi connectivity index (χ3v) is 4.05. The Balaban J connectivity index is 1.90. The van der Waals surface area contributed by atoms with Crippen LogP contribution in [-0.2, 0) is 6.42 Å². The van der Waals surface area contributed by atoms with E-state index in [1.54, 1.807) is 25.1 Å². The number of hydrogen-bond acceptors (Lipinski definition) is 4. The zero-order valence-electron chi connectivity index (χ0n) is 13.0. The quantitative estimate of drug-likeness (QED) is 0.794. The maximum atomic E-state index is 13.4. The highest BCUT2D eigenvalue weighted by atomic mass is 19.4. The van der Waals surface area contributed by atoms with E-state index in [9.17, 15) is 13.2 Å². The van der Waals surface area contributed by atoms with Gasteiger partial charge in [0.1, 0.15) is 12.1 Å². The smallest absolute Gasteiger partial charge is 0.383 e. The fourth-order valence-electron chi connectivity index (χ4n) is 2.81. The molecule has 0 amide bonds. The largest absolute Gasteiger partial charge is 0.395 e. The van der Waals surface area contributed by atoms with E-state index in [4.69, 9.17) is 5.73 Å². The van der Waals surface area contributed by atoms with Gasteiger partial charge in [-0.2, -0.15) is 27.8 Å². The third kappa shape index (κ3) is 3.04. The van der Waals surface area contributed by atoms with Gasteiger partial charge in [0.15, 0.2) is 0 Å². The summed E-state index contributed by atoms with van der Waals surface area (Å²) in [6.45, 7) is 1.71. The molecule has 0 saturated heterocycles. The summed E-state index contributed by atoms with van der Waals surface area (Å²) in [7, 11) is 0. The number of alkyl halides is 3. The van der Waals surface area contributed by atoms with Crippen LogP contribution in [0.1, 0.15) is 29.2 Å². The average Bonchev–Trinajstić information content (AvgIpc) is 2.98. The molecule has 0 radical (unpaired) electrons. The fraction of sp³-hybridized carbons (Fsp3) is 0.312. The van der Waals surface area contributed by atoms with Crippen molar-refractivity contribution in [3.8, 4) is 0 Å². The first-order valence-electron chi connectivity index (χ1n) is 7.44. The van der Waals surface area contributed by atoms with Crippen molar-refractivity contribution in [2.45, 2.75) is 31.9 Å². The van der Waals surface area contributed by atoms with Gasteiger partial charge in [0.25, 0.3) is 5.78 Å². The summed E-state index contributed by atoms with van der Waals surface area (Å²) in [4.78, 5) is 8.18. The highest BCUT2D eigenvalue weighted by Crippen LogP contribution is 2.38. The number of aromatic nitrogens is 4. The minimum absolute atomic E-state index is 0.111. The Morgan fingerprint density at radius 3 is 2.58 bits per heavy atom. The number of nitrogens with two attached hydrogens (primary N) is 1. The van der Waals surface area contributed by atoms with Gasteiger partial charge in [-0.05, 0) is 25.3 Å². The lowest BCUT2D eigenvalue weighted by atomic mass is 9.91. The lowest BCUT2D eigenvalue weighted by molar-refractivity contribution is -0.151. The summed E-state index contributed by atoms with van der Waals surface area (Å²) in [6, 6.07) is 7.90. The van der Waals surface area contributed by atoms with Crippen LogP contribution in [0.25, 0.3) is 5.78 Å². The molecule has 2 aromatic heterocycles. The number of anilines is 1. The van der Waals surface area contributed by atoms with E-state index in [1.165, 1.54) is 23.0 Å². The molecule has 126 valence electrons. The van der Waals surface area contributed by atoms with E-state index in [0.717, 1.165) is 0 Å². The van der Waals surface area contributed by atoms with Crippen LogP contribution >= 0.6 is 0 Å². The highest BCUT2D eigenvalue weighted by molar-refractivity contribution is 5.49. The first-order chi connectivity index (χ1) is 11.4. The molecule has 5 nitrogen and oxygen atoms in total. The molecule has 0 spiro atoms. The summed E-state index contributed by atoms with van der Waals surface area (Å²) in [5, 5.41) is 3.95. The van der Waals surface area contributed by atoms with Gasteiger partial charge < -0.3 is 5.73 Å². The van der Waals surface area contributed by atoms with Gasteiger partial charge in [0.05, 0.1) is 5.92 Å². The van der Waals surface area contributed by atoms with Gasteiger partial charge in [0.2, 0.25) is 0 Å². The number of fused-ring (bicyclic) bond motifs is 1. The number of hydrogen-bond donors (Lipinski definition) is 1. The van der Waals surface area contributed by atoms with Crippen LogP contribution < -0.4 is 5.73 Å². The SMILES string of the molecule is Cc1nc2ncnn2c(N)c1CCC(c1ccccc1)C(F)(F)F. The summed E-state index contributed by atoms with van der Waals surface area (Å²) >= 11 is 0. The number of nitrogen functional groups attached to an aromatic ring is 1. The van der Waals surface area contributed by atoms with Gasteiger partial charge in [-0.15, -0.1) is 0 Å². The molecule has 1 atom stereocenters. The minimum atomic E-state index is -4.32. The van der Waals surface area contributed by atoms with Gasteiger partial charge >= 0.3 is 6.18 Å². The van der Waals surface area contributed by atoms with E-state index in [1.807, 2.05) is 0 Å². The first kappa shape index (κ1) is 16.2. The lowest BCUT2D eigenvalue weighted by Gasteiger charge is -2.21. The Labute approximate surface area is 136 Å². The molecule has 8 heteroatoms. The Hall–Kier alpha value is -2.64. The molecule has 2 N–H and O–H groups in total. The van der Waals surface area contributed by atoms with Gasteiger partial charge in [0, 0.05) is 11.3 Å². The molecular weight excluding hydrogens is 319 g/mol. The zero-order valence-corrected chi connectivity index (χ0v) is 13.0. The number of halogens is 3. The normalized spacial score (nSPS) is 13.3. The molecule has 0 aliphatic rings. The van der Waals surface area contributed by atoms with Gasteiger partial charge in [-0.25, -0.2) is 4.98 Å². The van der Waals surface area contributed by atoms with Crippen LogP contribution in [0.2, 0.25) is 0 Å². The van der Waals surface area contributed by atoms with Crippen molar-refractivity contribution in [2.24, 2.45) is 0 Å². The molecule has 2 heterocycles. The number of aryl methyl sites for hydroxylation is 1. The van der Waals surface area contributed by atoms with Crippen molar-refractivity contribution in [1.29, 1.82) is 0 Å². The summed E-state index contributed by atoms with van der Waals surface area (Å²) in [5.41, 5.74) is 7.42. The Bertz CT molecular complexity index is 842. The lowest BCUT2D eigenvalue weighted by Crippen LogP contribution is -2.22. The molecule has 0 fully saturated rings. The van der Waals surface area contributed by atoms with Crippen LogP contribution in [0.3, 0.4) is 0 Å². The standard InChI is InChI=1S/C16H16F3N5/c1-10-12(14(20)24-15(23-10)21-9-22-24)7-8-13(16(17,18)19)11-5-3-2-4-6-11/h2-6,9,13H,7-8,20H2,1H3. The number of rotatable bonds is 4. The van der Waals surface area contributed by atoms with Crippen molar-refractivity contribution >= 4 is 11.6 Å². The van der Waals surface area contributed by atoms with E-state index >= 15 is 0 Å². The van der Waals surface area contributed by atoms with Crippen molar-refractivity contribution in [3.05, 3.63) is 53.5 Å². The van der Waals surface area contributed by atoms with Crippen LogP contribution in [0.15, 0.2) is 36.7 Å². The monoisotopic (exact) mass is 335 g/mol. The van der Waals surface area contributed by atoms with Crippen LogP contribution in [0, 0.1) is 6.92 Å². The van der Waals surface area contributed by atoms with Gasteiger partial charge in [-0.1, -0.05) is 30.3 Å². The van der Waals surface area contributed by atoms with Crippen molar-refractivity contribution in [3.63, 3.8) is 0 Å². The average molecular weight is 335 g/mol. The molecular formula is C16H16F3N5. The molecule has 0 aliphatic carbocycles. The number of nitrogens with zero attached hydrogens (tertiary/aromatic N) is 4. The van der Waals surface area contributed by atoms with Crippen LogP contribution in [-0.4, -0.2) is 25.8 Å². The zero-order chi connectivity index (χ0) is 17.3. The second kappa shape index (κ2) is 6.10. The maximum absolute atomic E-state index is 13.4. The molecule has 0 bridgehead atoms. The van der Waals surface area contributed by atoms with Crippen molar-refractivity contribution < 1.29 is 13.2 Å². The molecule has 0 saturated carbocycles. The molecule has 3 rings (SSSR count). The summed E-state index contributed by atoms with van der Waals surface area (Å²) in [6.07, 6.45) is -2.97. The number of benzene rings is 1. The second-order valence-corrected chi connectivity index (χ2v) is 5.58. The van der Waals surface area contributed by atoms with E-state index in [0.29, 0.717) is 17.0 Å². The van der Waals surface area contributed by atoms with E-state index < -0.39 is 12.1 Å². The van der Waals surface area contributed by atoms with Crippen LogP contribution in [0.5, 0.6) is 0 Å². The Morgan fingerprint density at radius 2 is 1.92 bits per heavy atom. The molecule has 0 aliphatic heterocycles. The van der Waals surface area contributed by atoms with Crippen molar-refractivity contribution in [2.75, 3.05) is 5.73 Å².